The summed E-state index contributed by atoms with van der Waals surface area (Å²) >= 11 is 0. The third-order valence-electron chi connectivity index (χ3n) is 4.35. The van der Waals surface area contributed by atoms with Crippen molar-refractivity contribution in [3.05, 3.63) is 33.9 Å². The number of rotatable bonds is 5. The third-order valence-corrected chi connectivity index (χ3v) is 4.35. The van der Waals surface area contributed by atoms with Crippen LogP contribution in [0.15, 0.2) is 18.2 Å². The number of halogens is 1. The molecule has 0 saturated carbocycles. The van der Waals surface area contributed by atoms with Crippen molar-refractivity contribution in [2.75, 3.05) is 24.5 Å². The molecular weight excluding hydrogens is 356 g/mol. The maximum atomic E-state index is 12.3. The van der Waals surface area contributed by atoms with Crippen LogP contribution in [0.3, 0.4) is 0 Å². The van der Waals surface area contributed by atoms with Crippen LogP contribution >= 0.6 is 12.4 Å². The zero-order chi connectivity index (χ0) is 18.8. The fourth-order valence-corrected chi connectivity index (χ4v) is 3.35. The van der Waals surface area contributed by atoms with E-state index in [0.29, 0.717) is 24.1 Å². The molecule has 2 rings (SSSR count). The second-order valence-electron chi connectivity index (χ2n) is 7.98. The highest BCUT2D eigenvalue weighted by Gasteiger charge is 2.28. The maximum absolute atomic E-state index is 12.3. The number of piperidine rings is 1. The van der Waals surface area contributed by atoms with E-state index in [1.165, 1.54) is 6.07 Å². The molecule has 1 aliphatic heterocycles. The van der Waals surface area contributed by atoms with Gasteiger partial charge in [0, 0.05) is 36.8 Å². The average Bonchev–Trinajstić information content (AvgIpc) is 2.50. The van der Waals surface area contributed by atoms with E-state index in [0.717, 1.165) is 19.5 Å². The molecule has 1 aromatic carbocycles. The summed E-state index contributed by atoms with van der Waals surface area (Å²) in [5.74, 6) is 0.616. The lowest BCUT2D eigenvalue weighted by molar-refractivity contribution is -0.384. The fraction of sp³-hybridized carbons (Fsp3) is 0.611. The molecular formula is C18H29ClN4O3. The quantitative estimate of drug-likeness (QED) is 0.600. The standard InChI is InChI=1S/C18H28N4O3.ClH/c1-12-7-13(2)10-21(9-12)15-6-5-14(8-16(15)22(24)25)17(23)20-11-18(3,4)19;/h5-6,8,12-13H,7,9-11,19H2,1-4H3,(H,20,23);1H. The largest absolute Gasteiger partial charge is 0.365 e. The highest BCUT2D eigenvalue weighted by Crippen LogP contribution is 2.33. The van der Waals surface area contributed by atoms with E-state index < -0.39 is 10.5 Å². The first kappa shape index (κ1) is 22.2. The summed E-state index contributed by atoms with van der Waals surface area (Å²) in [6.07, 6.45) is 1.12. The van der Waals surface area contributed by atoms with Gasteiger partial charge in [0.2, 0.25) is 0 Å². The van der Waals surface area contributed by atoms with Crippen LogP contribution in [0.2, 0.25) is 0 Å². The molecule has 0 spiro atoms. The first-order valence-electron chi connectivity index (χ1n) is 8.67. The predicted octanol–water partition coefficient (Wildman–Crippen LogP) is 2.97. The van der Waals surface area contributed by atoms with Crippen LogP contribution in [0.1, 0.15) is 44.5 Å². The Morgan fingerprint density at radius 1 is 1.35 bits per heavy atom. The van der Waals surface area contributed by atoms with Crippen LogP contribution in [0.5, 0.6) is 0 Å². The van der Waals surface area contributed by atoms with Crippen LogP contribution in [-0.4, -0.2) is 36.0 Å². The smallest absolute Gasteiger partial charge is 0.293 e. The van der Waals surface area contributed by atoms with Gasteiger partial charge in [0.15, 0.2) is 0 Å². The first-order chi connectivity index (χ1) is 11.6. The Hall–Kier alpha value is -1.86. The number of nitrogens with zero attached hydrogens (tertiary/aromatic N) is 2. The van der Waals surface area contributed by atoms with E-state index in [2.05, 4.69) is 24.1 Å². The number of carbonyl (C=O) groups excluding carboxylic acids is 1. The zero-order valence-electron chi connectivity index (χ0n) is 15.8. The average molecular weight is 385 g/mol. The van der Waals surface area contributed by atoms with Crippen LogP contribution < -0.4 is 16.0 Å². The van der Waals surface area contributed by atoms with Crippen molar-refractivity contribution in [2.45, 2.75) is 39.7 Å². The molecule has 1 amide bonds. The lowest BCUT2D eigenvalue weighted by atomic mass is 9.91. The maximum Gasteiger partial charge on any atom is 0.293 e. The third kappa shape index (κ3) is 5.85. The van der Waals surface area contributed by atoms with Gasteiger partial charge in [-0.2, -0.15) is 0 Å². The lowest BCUT2D eigenvalue weighted by Gasteiger charge is -2.36. The predicted molar refractivity (Wildman–Crippen MR) is 106 cm³/mol. The van der Waals surface area contributed by atoms with Crippen molar-refractivity contribution < 1.29 is 9.72 Å². The van der Waals surface area contributed by atoms with Crippen LogP contribution in [-0.2, 0) is 0 Å². The van der Waals surface area contributed by atoms with Gasteiger partial charge in [0.05, 0.1) is 4.92 Å². The molecule has 1 fully saturated rings. The van der Waals surface area contributed by atoms with Crippen LogP contribution in [0, 0.1) is 22.0 Å². The number of hydrogen-bond donors (Lipinski definition) is 2. The number of benzene rings is 1. The molecule has 0 bridgehead atoms. The summed E-state index contributed by atoms with van der Waals surface area (Å²) < 4.78 is 0. The van der Waals surface area contributed by atoms with Crippen molar-refractivity contribution in [1.29, 1.82) is 0 Å². The van der Waals surface area contributed by atoms with Gasteiger partial charge in [-0.05, 0) is 44.2 Å². The molecule has 1 aromatic rings. The summed E-state index contributed by atoms with van der Waals surface area (Å²) in [5.41, 5.74) is 6.15. The lowest BCUT2D eigenvalue weighted by Crippen LogP contribution is -2.45. The van der Waals surface area contributed by atoms with E-state index in [1.54, 1.807) is 26.0 Å². The fourth-order valence-electron chi connectivity index (χ4n) is 3.35. The Morgan fingerprint density at radius 3 is 2.42 bits per heavy atom. The molecule has 8 heteroatoms. The number of nitrogens with two attached hydrogens (primary N) is 1. The van der Waals surface area contributed by atoms with Crippen LogP contribution in [0.4, 0.5) is 11.4 Å². The van der Waals surface area contributed by atoms with Gasteiger partial charge in [0.1, 0.15) is 5.69 Å². The highest BCUT2D eigenvalue weighted by molar-refractivity contribution is 5.95. The monoisotopic (exact) mass is 384 g/mol. The number of anilines is 1. The van der Waals surface area contributed by atoms with Gasteiger partial charge in [-0.1, -0.05) is 13.8 Å². The molecule has 7 nitrogen and oxygen atoms in total. The summed E-state index contributed by atoms with van der Waals surface area (Å²) in [6, 6.07) is 4.69. The Balaban J connectivity index is 0.00000338. The van der Waals surface area contributed by atoms with Crippen molar-refractivity contribution >= 4 is 29.7 Å². The number of nitro groups is 1. The minimum Gasteiger partial charge on any atom is -0.365 e. The second kappa shape index (κ2) is 8.68. The van der Waals surface area contributed by atoms with Gasteiger partial charge in [0.25, 0.3) is 11.6 Å². The second-order valence-corrected chi connectivity index (χ2v) is 7.98. The molecule has 1 saturated heterocycles. The SMILES string of the molecule is CC1CC(C)CN(c2ccc(C(=O)NCC(C)(C)N)cc2[N+](=O)[O-])C1.Cl. The van der Waals surface area contributed by atoms with E-state index in [9.17, 15) is 14.9 Å². The molecule has 0 aromatic heterocycles. The summed E-state index contributed by atoms with van der Waals surface area (Å²) in [4.78, 5) is 25.4. The minimum atomic E-state index is -0.540. The van der Waals surface area contributed by atoms with Gasteiger partial charge >= 0.3 is 0 Å². The summed E-state index contributed by atoms with van der Waals surface area (Å²) in [6.45, 7) is 9.80. The Morgan fingerprint density at radius 2 is 1.92 bits per heavy atom. The van der Waals surface area contributed by atoms with Gasteiger partial charge in [-0.15, -0.1) is 12.4 Å². The summed E-state index contributed by atoms with van der Waals surface area (Å²) in [5, 5.41) is 14.3. The molecule has 0 aliphatic carbocycles. The van der Waals surface area contributed by atoms with Crippen molar-refractivity contribution in [2.24, 2.45) is 17.6 Å². The van der Waals surface area contributed by atoms with Gasteiger partial charge in [-0.25, -0.2) is 0 Å². The minimum absolute atomic E-state index is 0. The van der Waals surface area contributed by atoms with Gasteiger partial charge < -0.3 is 16.0 Å². The Kier molecular flexibility index (Phi) is 7.41. The normalized spacial score (nSPS) is 20.3. The van der Waals surface area contributed by atoms with E-state index >= 15 is 0 Å². The van der Waals surface area contributed by atoms with Crippen molar-refractivity contribution in [1.82, 2.24) is 5.32 Å². The molecule has 146 valence electrons. The van der Waals surface area contributed by atoms with E-state index in [1.807, 2.05) is 0 Å². The molecule has 0 radical (unpaired) electrons. The Labute approximate surface area is 160 Å². The number of hydrogen-bond acceptors (Lipinski definition) is 5. The first-order valence-corrected chi connectivity index (χ1v) is 8.67. The van der Waals surface area contributed by atoms with Crippen LogP contribution in [0.25, 0.3) is 0 Å². The van der Waals surface area contributed by atoms with Crippen molar-refractivity contribution in [3.8, 4) is 0 Å². The number of amides is 1. The molecule has 1 heterocycles. The molecule has 2 unspecified atom stereocenters. The molecule has 1 aliphatic rings. The zero-order valence-corrected chi connectivity index (χ0v) is 16.6. The molecule has 2 atom stereocenters. The van der Waals surface area contributed by atoms with Gasteiger partial charge in [-0.3, -0.25) is 14.9 Å². The molecule has 26 heavy (non-hydrogen) atoms. The van der Waals surface area contributed by atoms with E-state index in [4.69, 9.17) is 5.73 Å². The highest BCUT2D eigenvalue weighted by atomic mass is 35.5. The topological polar surface area (TPSA) is 102 Å². The Bertz CT molecular complexity index is 650. The van der Waals surface area contributed by atoms with E-state index in [-0.39, 0.29) is 29.6 Å². The number of nitro benzene ring substituents is 1. The molecule has 3 N–H and O–H groups in total. The summed E-state index contributed by atoms with van der Waals surface area (Å²) in [7, 11) is 0. The number of carbonyl (C=O) groups is 1. The van der Waals surface area contributed by atoms with Crippen molar-refractivity contribution in [3.63, 3.8) is 0 Å². The number of nitrogens with one attached hydrogen (secondary N) is 1.